The lowest BCUT2D eigenvalue weighted by Gasteiger charge is -2.05. The maximum atomic E-state index is 11.4. The van der Waals surface area contributed by atoms with Crippen molar-refractivity contribution in [3.05, 3.63) is 51.7 Å². The first-order valence-corrected chi connectivity index (χ1v) is 5.42. The smallest absolute Gasteiger partial charge is 0.390 e. The number of benzene rings is 1. The Morgan fingerprint density at radius 1 is 1.42 bits per heavy atom. The summed E-state index contributed by atoms with van der Waals surface area (Å²) in [5.41, 5.74) is 1.80. The average molecular weight is 261 g/mol. The van der Waals surface area contributed by atoms with Crippen LogP contribution in [0.4, 0.5) is 5.82 Å². The van der Waals surface area contributed by atoms with E-state index in [9.17, 15) is 14.9 Å². The lowest BCUT2D eigenvalue weighted by Crippen LogP contribution is -2.05. The van der Waals surface area contributed by atoms with Crippen LogP contribution in [-0.4, -0.2) is 27.8 Å². The summed E-state index contributed by atoms with van der Waals surface area (Å²) >= 11 is 0. The topological polar surface area (TPSA) is 87.3 Å². The summed E-state index contributed by atoms with van der Waals surface area (Å²) in [5, 5.41) is 14.4. The molecule has 0 amide bonds. The van der Waals surface area contributed by atoms with Gasteiger partial charge in [-0.2, -0.15) is 0 Å². The van der Waals surface area contributed by atoms with E-state index >= 15 is 0 Å². The molecule has 0 bridgehead atoms. The first kappa shape index (κ1) is 12.7. The van der Waals surface area contributed by atoms with Crippen molar-refractivity contribution < 1.29 is 14.5 Å². The molecule has 19 heavy (non-hydrogen) atoms. The van der Waals surface area contributed by atoms with E-state index < -0.39 is 10.9 Å². The molecular weight excluding hydrogens is 250 g/mol. The van der Waals surface area contributed by atoms with Crippen LogP contribution in [0.25, 0.3) is 5.69 Å². The summed E-state index contributed by atoms with van der Waals surface area (Å²) < 4.78 is 6.03. The summed E-state index contributed by atoms with van der Waals surface area (Å²) in [6.45, 7) is 1.76. The van der Waals surface area contributed by atoms with Crippen molar-refractivity contribution in [1.82, 2.24) is 9.78 Å². The van der Waals surface area contributed by atoms with Crippen molar-refractivity contribution in [2.24, 2.45) is 0 Å². The highest BCUT2D eigenvalue weighted by atomic mass is 16.6. The maximum Gasteiger partial charge on any atom is 0.390 e. The first-order chi connectivity index (χ1) is 9.02. The number of methoxy groups -OCH3 is 1. The Bertz CT molecular complexity index is 648. The number of aromatic nitrogens is 2. The molecule has 0 radical (unpaired) electrons. The van der Waals surface area contributed by atoms with Gasteiger partial charge in [0, 0.05) is 0 Å². The van der Waals surface area contributed by atoms with Gasteiger partial charge < -0.3 is 14.9 Å². The van der Waals surface area contributed by atoms with E-state index in [1.54, 1.807) is 25.1 Å². The van der Waals surface area contributed by atoms with Gasteiger partial charge in [-0.3, -0.25) is 0 Å². The Morgan fingerprint density at radius 3 is 2.68 bits per heavy atom. The molecule has 0 spiro atoms. The minimum atomic E-state index is -0.563. The van der Waals surface area contributed by atoms with E-state index in [2.05, 4.69) is 9.84 Å². The van der Waals surface area contributed by atoms with Gasteiger partial charge in [0.15, 0.2) is 0 Å². The molecule has 0 aliphatic heterocycles. The number of rotatable bonds is 3. The van der Waals surface area contributed by atoms with E-state index in [0.29, 0.717) is 16.8 Å². The van der Waals surface area contributed by atoms with E-state index in [-0.39, 0.29) is 5.82 Å². The van der Waals surface area contributed by atoms with Crippen LogP contribution >= 0.6 is 0 Å². The van der Waals surface area contributed by atoms with Gasteiger partial charge in [-0.1, -0.05) is 0 Å². The zero-order valence-corrected chi connectivity index (χ0v) is 10.4. The molecule has 0 unspecified atom stereocenters. The lowest BCUT2D eigenvalue weighted by molar-refractivity contribution is -0.389. The van der Waals surface area contributed by atoms with Crippen LogP contribution in [0, 0.1) is 17.0 Å². The van der Waals surface area contributed by atoms with E-state index in [4.69, 9.17) is 0 Å². The standard InChI is InChI=1S/C12H11N3O4/c1-8-7-9(3-4-10(8)12(16)19-2)14-6-5-11(13-14)15(17)18/h3-7H,1-2H3. The fraction of sp³-hybridized carbons (Fsp3) is 0.167. The van der Waals surface area contributed by atoms with Gasteiger partial charge in [-0.05, 0) is 35.6 Å². The second-order valence-corrected chi connectivity index (χ2v) is 3.87. The van der Waals surface area contributed by atoms with Gasteiger partial charge in [-0.25, -0.2) is 4.79 Å². The second-order valence-electron chi connectivity index (χ2n) is 3.87. The van der Waals surface area contributed by atoms with Crippen molar-refractivity contribution in [1.29, 1.82) is 0 Å². The summed E-state index contributed by atoms with van der Waals surface area (Å²) in [5.74, 6) is -0.648. The third kappa shape index (κ3) is 2.44. The molecule has 0 saturated heterocycles. The van der Waals surface area contributed by atoms with Crippen LogP contribution < -0.4 is 0 Å². The summed E-state index contributed by atoms with van der Waals surface area (Å²) in [4.78, 5) is 21.4. The lowest BCUT2D eigenvalue weighted by atomic mass is 10.1. The SMILES string of the molecule is COC(=O)c1ccc(-n2ccc([N+](=O)[O-])n2)cc1C. The van der Waals surface area contributed by atoms with E-state index in [1.165, 1.54) is 24.1 Å². The molecule has 7 nitrogen and oxygen atoms in total. The normalized spacial score (nSPS) is 10.2. The largest absolute Gasteiger partial charge is 0.465 e. The number of esters is 1. The first-order valence-electron chi connectivity index (χ1n) is 5.42. The number of carbonyl (C=O) groups is 1. The molecule has 1 aromatic heterocycles. The third-order valence-corrected chi connectivity index (χ3v) is 2.64. The molecule has 2 rings (SSSR count). The molecule has 0 aliphatic carbocycles. The highest BCUT2D eigenvalue weighted by molar-refractivity contribution is 5.91. The molecule has 0 atom stereocenters. The highest BCUT2D eigenvalue weighted by Crippen LogP contribution is 2.17. The number of nitro groups is 1. The average Bonchev–Trinajstić information content (AvgIpc) is 2.87. The van der Waals surface area contributed by atoms with Crippen LogP contribution in [-0.2, 0) is 4.74 Å². The quantitative estimate of drug-likeness (QED) is 0.478. The minimum Gasteiger partial charge on any atom is -0.465 e. The fourth-order valence-electron chi connectivity index (χ4n) is 1.68. The van der Waals surface area contributed by atoms with E-state index in [0.717, 1.165) is 0 Å². The second kappa shape index (κ2) is 4.89. The van der Waals surface area contributed by atoms with Gasteiger partial charge in [0.1, 0.15) is 0 Å². The molecule has 7 heteroatoms. The molecule has 2 aromatic rings. The van der Waals surface area contributed by atoms with Crippen LogP contribution in [0.15, 0.2) is 30.5 Å². The predicted molar refractivity (Wildman–Crippen MR) is 66.3 cm³/mol. The number of nitrogens with zero attached hydrogens (tertiary/aromatic N) is 3. The Labute approximate surface area is 108 Å². The molecule has 1 heterocycles. The molecule has 0 aliphatic rings. The van der Waals surface area contributed by atoms with Gasteiger partial charge in [0.05, 0.1) is 35.7 Å². The fourth-order valence-corrected chi connectivity index (χ4v) is 1.68. The van der Waals surface area contributed by atoms with Crippen molar-refractivity contribution in [3.8, 4) is 5.69 Å². The van der Waals surface area contributed by atoms with Gasteiger partial charge in [0.2, 0.25) is 0 Å². The van der Waals surface area contributed by atoms with E-state index in [1.807, 2.05) is 0 Å². The number of hydrogen-bond acceptors (Lipinski definition) is 5. The molecule has 0 N–H and O–H groups in total. The van der Waals surface area contributed by atoms with Crippen molar-refractivity contribution in [3.63, 3.8) is 0 Å². The number of carbonyl (C=O) groups excluding carboxylic acids is 1. The number of aryl methyl sites for hydroxylation is 1. The molecule has 1 aromatic carbocycles. The summed E-state index contributed by atoms with van der Waals surface area (Å²) in [7, 11) is 1.31. The summed E-state index contributed by atoms with van der Waals surface area (Å²) in [6, 6.07) is 6.27. The highest BCUT2D eigenvalue weighted by Gasteiger charge is 2.14. The Morgan fingerprint density at radius 2 is 2.16 bits per heavy atom. The molecule has 98 valence electrons. The van der Waals surface area contributed by atoms with Crippen molar-refractivity contribution in [2.45, 2.75) is 6.92 Å². The van der Waals surface area contributed by atoms with Crippen LogP contribution in [0.2, 0.25) is 0 Å². The van der Waals surface area contributed by atoms with Gasteiger partial charge in [-0.15, -0.1) is 4.68 Å². The monoisotopic (exact) mass is 261 g/mol. The molecule has 0 saturated carbocycles. The van der Waals surface area contributed by atoms with Crippen molar-refractivity contribution >= 4 is 11.8 Å². The van der Waals surface area contributed by atoms with Crippen LogP contribution in [0.5, 0.6) is 0 Å². The van der Waals surface area contributed by atoms with Gasteiger partial charge in [0.25, 0.3) is 0 Å². The Hall–Kier alpha value is -2.70. The van der Waals surface area contributed by atoms with Crippen LogP contribution in [0.3, 0.4) is 0 Å². The van der Waals surface area contributed by atoms with Gasteiger partial charge >= 0.3 is 11.8 Å². The van der Waals surface area contributed by atoms with Crippen LogP contribution in [0.1, 0.15) is 15.9 Å². The zero-order valence-electron chi connectivity index (χ0n) is 10.4. The summed E-state index contributed by atoms with van der Waals surface area (Å²) in [6.07, 6.45) is 1.49. The van der Waals surface area contributed by atoms with Crippen molar-refractivity contribution in [2.75, 3.05) is 7.11 Å². The Balaban J connectivity index is 2.38. The Kier molecular flexibility index (Phi) is 3.28. The molecule has 0 fully saturated rings. The minimum absolute atomic E-state index is 0.227. The predicted octanol–water partition coefficient (Wildman–Crippen LogP) is 1.88. The third-order valence-electron chi connectivity index (χ3n) is 2.64. The zero-order chi connectivity index (χ0) is 14.0. The number of ether oxygens (including phenoxy) is 1. The molecular formula is C12H11N3O4. The maximum absolute atomic E-state index is 11.4. The number of hydrogen-bond donors (Lipinski definition) is 0.